The fourth-order valence-corrected chi connectivity index (χ4v) is 2.20. The molecule has 0 fully saturated rings. The van der Waals surface area contributed by atoms with E-state index in [9.17, 15) is 4.79 Å². The van der Waals surface area contributed by atoms with Crippen LogP contribution in [0.25, 0.3) is 0 Å². The SMILES string of the molecule is Cc1csc(CN(C)c2ncc(C(=O)O)cn2)n1. The number of nitrogens with zero attached hydrogens (tertiary/aromatic N) is 4. The second-order valence-electron chi connectivity index (χ2n) is 3.82. The van der Waals surface area contributed by atoms with Gasteiger partial charge in [0.25, 0.3) is 0 Å². The number of thiazole rings is 1. The molecule has 0 amide bonds. The van der Waals surface area contributed by atoms with Crippen LogP contribution in [-0.2, 0) is 6.54 Å². The summed E-state index contributed by atoms with van der Waals surface area (Å²) in [6.45, 7) is 2.54. The van der Waals surface area contributed by atoms with Crippen LogP contribution in [0.3, 0.4) is 0 Å². The molecular weight excluding hydrogens is 252 g/mol. The highest BCUT2D eigenvalue weighted by molar-refractivity contribution is 7.09. The van der Waals surface area contributed by atoms with Crippen LogP contribution in [0.4, 0.5) is 5.95 Å². The summed E-state index contributed by atoms with van der Waals surface area (Å²) in [4.78, 5) is 24.9. The fraction of sp³-hybridized carbons (Fsp3) is 0.273. The highest BCUT2D eigenvalue weighted by Gasteiger charge is 2.09. The summed E-state index contributed by atoms with van der Waals surface area (Å²) in [6, 6.07) is 0. The number of carboxylic acids is 1. The van der Waals surface area contributed by atoms with E-state index in [1.807, 2.05) is 24.3 Å². The lowest BCUT2D eigenvalue weighted by atomic mass is 10.3. The first-order chi connectivity index (χ1) is 8.56. The number of carboxylic acid groups (broad SMARTS) is 1. The van der Waals surface area contributed by atoms with Gasteiger partial charge < -0.3 is 10.0 Å². The van der Waals surface area contributed by atoms with Crippen molar-refractivity contribution in [1.29, 1.82) is 0 Å². The first-order valence-electron chi connectivity index (χ1n) is 5.24. The van der Waals surface area contributed by atoms with Crippen LogP contribution in [0.1, 0.15) is 21.1 Å². The van der Waals surface area contributed by atoms with Gasteiger partial charge in [0.15, 0.2) is 0 Å². The number of hydrogen-bond donors (Lipinski definition) is 1. The maximum Gasteiger partial charge on any atom is 0.338 e. The van der Waals surface area contributed by atoms with Gasteiger partial charge in [0.2, 0.25) is 5.95 Å². The average Bonchev–Trinajstić information content (AvgIpc) is 2.75. The molecule has 0 saturated carbocycles. The molecule has 2 aromatic rings. The lowest BCUT2D eigenvalue weighted by Crippen LogP contribution is -2.19. The first-order valence-corrected chi connectivity index (χ1v) is 6.11. The van der Waals surface area contributed by atoms with Gasteiger partial charge in [-0.15, -0.1) is 11.3 Å². The number of aromatic nitrogens is 3. The Kier molecular flexibility index (Phi) is 3.52. The van der Waals surface area contributed by atoms with Crippen LogP contribution in [0.2, 0.25) is 0 Å². The molecule has 6 nitrogen and oxygen atoms in total. The summed E-state index contributed by atoms with van der Waals surface area (Å²) < 4.78 is 0. The smallest absolute Gasteiger partial charge is 0.338 e. The Morgan fingerprint density at radius 2 is 2.11 bits per heavy atom. The minimum atomic E-state index is -1.03. The van der Waals surface area contributed by atoms with Gasteiger partial charge in [-0.2, -0.15) is 0 Å². The Hall–Kier alpha value is -2.02. The van der Waals surface area contributed by atoms with Gasteiger partial charge >= 0.3 is 5.97 Å². The molecule has 2 heterocycles. The van der Waals surface area contributed by atoms with E-state index in [2.05, 4.69) is 15.0 Å². The van der Waals surface area contributed by atoms with E-state index in [0.717, 1.165) is 10.7 Å². The van der Waals surface area contributed by atoms with Gasteiger partial charge in [0, 0.05) is 30.5 Å². The normalized spacial score (nSPS) is 10.3. The van der Waals surface area contributed by atoms with Crippen molar-refractivity contribution in [3.8, 4) is 0 Å². The van der Waals surface area contributed by atoms with Crippen LogP contribution in [0.5, 0.6) is 0 Å². The molecule has 0 aromatic carbocycles. The Morgan fingerprint density at radius 1 is 1.44 bits per heavy atom. The minimum absolute atomic E-state index is 0.0808. The standard InChI is InChI=1S/C11H12N4O2S/c1-7-6-18-9(14-7)5-15(2)11-12-3-8(4-13-11)10(16)17/h3-4,6H,5H2,1-2H3,(H,16,17). The summed E-state index contributed by atoms with van der Waals surface area (Å²) in [5.41, 5.74) is 1.07. The molecule has 0 spiro atoms. The molecule has 2 rings (SSSR count). The van der Waals surface area contributed by atoms with E-state index in [1.54, 1.807) is 11.3 Å². The predicted molar refractivity (Wildman–Crippen MR) is 67.9 cm³/mol. The largest absolute Gasteiger partial charge is 0.478 e. The van der Waals surface area contributed by atoms with Gasteiger partial charge in [-0.1, -0.05) is 0 Å². The molecule has 0 radical (unpaired) electrons. The number of aromatic carboxylic acids is 1. The van der Waals surface area contributed by atoms with Crippen molar-refractivity contribution in [2.24, 2.45) is 0 Å². The molecular formula is C11H12N4O2S. The van der Waals surface area contributed by atoms with Crippen molar-refractivity contribution in [1.82, 2.24) is 15.0 Å². The zero-order valence-corrected chi connectivity index (χ0v) is 10.8. The third-order valence-electron chi connectivity index (χ3n) is 2.27. The van der Waals surface area contributed by atoms with E-state index in [-0.39, 0.29) is 5.56 Å². The highest BCUT2D eigenvalue weighted by atomic mass is 32.1. The topological polar surface area (TPSA) is 79.2 Å². The molecule has 2 aromatic heterocycles. The molecule has 0 bridgehead atoms. The molecule has 0 saturated heterocycles. The van der Waals surface area contributed by atoms with E-state index >= 15 is 0 Å². The number of anilines is 1. The Balaban J connectivity index is 2.09. The molecule has 0 aliphatic rings. The van der Waals surface area contributed by atoms with Crippen molar-refractivity contribution >= 4 is 23.3 Å². The van der Waals surface area contributed by atoms with Crippen LogP contribution in [0, 0.1) is 6.92 Å². The van der Waals surface area contributed by atoms with Gasteiger partial charge in [0.05, 0.1) is 12.1 Å². The summed E-state index contributed by atoms with van der Waals surface area (Å²) in [6.07, 6.45) is 2.60. The Bertz CT molecular complexity index is 552. The minimum Gasteiger partial charge on any atom is -0.478 e. The number of rotatable bonds is 4. The van der Waals surface area contributed by atoms with Crippen LogP contribution in [-0.4, -0.2) is 33.1 Å². The van der Waals surface area contributed by atoms with Crippen molar-refractivity contribution in [2.75, 3.05) is 11.9 Å². The zero-order valence-electron chi connectivity index (χ0n) is 9.99. The number of aryl methyl sites for hydroxylation is 1. The Morgan fingerprint density at radius 3 is 2.61 bits per heavy atom. The monoisotopic (exact) mass is 264 g/mol. The molecule has 1 N–H and O–H groups in total. The molecule has 0 atom stereocenters. The number of carbonyl (C=O) groups is 1. The van der Waals surface area contributed by atoms with Gasteiger partial charge in [-0.3, -0.25) is 0 Å². The molecule has 18 heavy (non-hydrogen) atoms. The average molecular weight is 264 g/mol. The lowest BCUT2D eigenvalue weighted by molar-refractivity contribution is 0.0696. The van der Waals surface area contributed by atoms with Crippen molar-refractivity contribution in [3.63, 3.8) is 0 Å². The lowest BCUT2D eigenvalue weighted by Gasteiger charge is -2.14. The van der Waals surface area contributed by atoms with Crippen molar-refractivity contribution < 1.29 is 9.90 Å². The molecule has 0 aliphatic heterocycles. The van der Waals surface area contributed by atoms with Crippen molar-refractivity contribution in [3.05, 3.63) is 34.0 Å². The quantitative estimate of drug-likeness (QED) is 0.903. The summed E-state index contributed by atoms with van der Waals surface area (Å²) in [7, 11) is 1.84. The van der Waals surface area contributed by atoms with Crippen molar-refractivity contribution in [2.45, 2.75) is 13.5 Å². The number of hydrogen-bond acceptors (Lipinski definition) is 6. The maximum atomic E-state index is 10.7. The highest BCUT2D eigenvalue weighted by Crippen LogP contribution is 2.14. The molecule has 0 unspecified atom stereocenters. The van der Waals surface area contributed by atoms with Gasteiger partial charge in [-0.05, 0) is 6.92 Å². The second-order valence-corrected chi connectivity index (χ2v) is 4.76. The summed E-state index contributed by atoms with van der Waals surface area (Å²) >= 11 is 1.58. The molecule has 0 aliphatic carbocycles. The van der Waals surface area contributed by atoms with E-state index in [1.165, 1.54) is 12.4 Å². The first kappa shape index (κ1) is 12.4. The van der Waals surface area contributed by atoms with Crippen LogP contribution < -0.4 is 4.90 Å². The van der Waals surface area contributed by atoms with E-state index in [0.29, 0.717) is 12.5 Å². The van der Waals surface area contributed by atoms with Gasteiger partial charge in [0.1, 0.15) is 5.01 Å². The predicted octanol–water partition coefficient (Wildman–Crippen LogP) is 1.58. The van der Waals surface area contributed by atoms with Crippen LogP contribution in [0.15, 0.2) is 17.8 Å². The van der Waals surface area contributed by atoms with E-state index < -0.39 is 5.97 Å². The summed E-state index contributed by atoms with van der Waals surface area (Å²) in [5, 5.41) is 11.7. The Labute approximate surface area is 108 Å². The van der Waals surface area contributed by atoms with Crippen LogP contribution >= 0.6 is 11.3 Å². The zero-order chi connectivity index (χ0) is 13.1. The summed E-state index contributed by atoms with van der Waals surface area (Å²) in [5.74, 6) is -0.549. The third-order valence-corrected chi connectivity index (χ3v) is 3.22. The fourth-order valence-electron chi connectivity index (χ4n) is 1.38. The molecule has 7 heteroatoms. The van der Waals surface area contributed by atoms with Gasteiger partial charge in [-0.25, -0.2) is 19.7 Å². The third kappa shape index (κ3) is 2.80. The maximum absolute atomic E-state index is 10.7. The molecule has 94 valence electrons. The second kappa shape index (κ2) is 5.09. The van der Waals surface area contributed by atoms with E-state index in [4.69, 9.17) is 5.11 Å².